The maximum absolute atomic E-state index is 11.2. The van der Waals surface area contributed by atoms with E-state index in [4.69, 9.17) is 0 Å². The number of aromatic carboxylic acids is 1. The lowest BCUT2D eigenvalue weighted by Crippen LogP contribution is -2.26. The van der Waals surface area contributed by atoms with Crippen molar-refractivity contribution in [3.05, 3.63) is 33.9 Å². The average Bonchev–Trinajstić information content (AvgIpc) is 2.39. The number of benzene rings is 1. The number of nitrogens with one attached hydrogen (secondary N) is 1. The van der Waals surface area contributed by atoms with Crippen LogP contribution < -0.4 is 5.32 Å². The van der Waals surface area contributed by atoms with Crippen molar-refractivity contribution in [3.63, 3.8) is 0 Å². The van der Waals surface area contributed by atoms with Gasteiger partial charge >= 0.3 is 5.97 Å². The van der Waals surface area contributed by atoms with Gasteiger partial charge in [0.2, 0.25) is 0 Å². The van der Waals surface area contributed by atoms with Gasteiger partial charge in [-0.25, -0.2) is 4.79 Å². The molecule has 1 aromatic rings. The Morgan fingerprint density at radius 1 is 1.40 bits per heavy atom. The fourth-order valence-electron chi connectivity index (χ4n) is 2.31. The molecule has 6 nitrogen and oxygen atoms in total. The smallest absolute Gasteiger partial charge is 0.338 e. The van der Waals surface area contributed by atoms with Crippen molar-refractivity contribution in [2.24, 2.45) is 5.92 Å². The second kappa shape index (κ2) is 6.88. The molecule has 1 atom stereocenters. The highest BCUT2D eigenvalue weighted by atomic mass is 16.6. The Hall–Kier alpha value is -2.11. The molecule has 2 N–H and O–H groups in total. The molecule has 0 amide bonds. The van der Waals surface area contributed by atoms with Crippen LogP contribution in [0.3, 0.4) is 0 Å². The summed E-state index contributed by atoms with van der Waals surface area (Å²) in [5.41, 5.74) is 0.127. The zero-order chi connectivity index (χ0) is 15.3. The molecule has 0 aliphatic heterocycles. The summed E-state index contributed by atoms with van der Waals surface area (Å²) >= 11 is 0. The zero-order valence-electron chi connectivity index (χ0n) is 11.9. The number of nitrogens with zero attached hydrogens (tertiary/aromatic N) is 1. The summed E-state index contributed by atoms with van der Waals surface area (Å²) in [6.45, 7) is 6.16. The van der Waals surface area contributed by atoms with E-state index in [-0.39, 0.29) is 17.3 Å². The number of hydrogen-bond acceptors (Lipinski definition) is 4. The van der Waals surface area contributed by atoms with E-state index in [9.17, 15) is 20.0 Å². The predicted octanol–water partition coefficient (Wildman–Crippen LogP) is 3.53. The summed E-state index contributed by atoms with van der Waals surface area (Å²) in [7, 11) is 0. The Bertz CT molecular complexity index is 498. The van der Waals surface area contributed by atoms with E-state index in [0.717, 1.165) is 18.9 Å². The van der Waals surface area contributed by atoms with Gasteiger partial charge in [-0.15, -0.1) is 0 Å². The molecule has 0 aliphatic carbocycles. The highest BCUT2D eigenvalue weighted by Gasteiger charge is 2.19. The number of nitro groups is 1. The molecule has 0 spiro atoms. The average molecular weight is 280 g/mol. The molecule has 0 aliphatic rings. The summed E-state index contributed by atoms with van der Waals surface area (Å²) in [5, 5.41) is 23.0. The van der Waals surface area contributed by atoms with Gasteiger partial charge in [-0.3, -0.25) is 10.1 Å². The predicted molar refractivity (Wildman–Crippen MR) is 77.2 cm³/mol. The molecular weight excluding hydrogens is 260 g/mol. The summed E-state index contributed by atoms with van der Waals surface area (Å²) in [6.07, 6.45) is 1.97. The second-order valence-electron chi connectivity index (χ2n) is 4.80. The Kier molecular flexibility index (Phi) is 5.49. The molecule has 6 heteroatoms. The van der Waals surface area contributed by atoms with Gasteiger partial charge in [0.25, 0.3) is 5.69 Å². The molecule has 0 radical (unpaired) electrons. The molecule has 1 aromatic carbocycles. The van der Waals surface area contributed by atoms with E-state index < -0.39 is 10.9 Å². The van der Waals surface area contributed by atoms with Gasteiger partial charge in [-0.2, -0.15) is 0 Å². The molecule has 0 saturated carbocycles. The first-order valence-corrected chi connectivity index (χ1v) is 6.68. The lowest BCUT2D eigenvalue weighted by molar-refractivity contribution is -0.384. The van der Waals surface area contributed by atoms with E-state index in [1.807, 2.05) is 6.92 Å². The summed E-state index contributed by atoms with van der Waals surface area (Å²) in [4.78, 5) is 21.3. The van der Waals surface area contributed by atoms with Gasteiger partial charge in [-0.05, 0) is 18.9 Å². The summed E-state index contributed by atoms with van der Waals surface area (Å²) < 4.78 is 0. The van der Waals surface area contributed by atoms with E-state index >= 15 is 0 Å². The number of carboxylic acid groups (broad SMARTS) is 1. The van der Waals surface area contributed by atoms with Crippen LogP contribution in [0, 0.1) is 16.0 Å². The normalized spacial score (nSPS) is 12.2. The van der Waals surface area contributed by atoms with Crippen molar-refractivity contribution < 1.29 is 14.8 Å². The number of carbonyl (C=O) groups is 1. The molecule has 0 aromatic heterocycles. The SMILES string of the molecule is CCC(CC)C(C)Nc1ccc([N+](=O)[O-])cc1C(=O)O. The van der Waals surface area contributed by atoms with Crippen LogP contribution in [0.5, 0.6) is 0 Å². The molecule has 0 bridgehead atoms. The molecule has 20 heavy (non-hydrogen) atoms. The second-order valence-corrected chi connectivity index (χ2v) is 4.80. The van der Waals surface area contributed by atoms with E-state index in [1.165, 1.54) is 12.1 Å². The standard InChI is InChI=1S/C14H20N2O4/c1-4-10(5-2)9(3)15-13-7-6-11(16(19)20)8-12(13)14(17)18/h6-10,15H,4-5H2,1-3H3,(H,17,18). The van der Waals surface area contributed by atoms with Crippen LogP contribution in [0.25, 0.3) is 0 Å². The first-order chi connectivity index (χ1) is 9.40. The number of nitro benzene ring substituents is 1. The van der Waals surface area contributed by atoms with E-state index in [1.54, 1.807) is 0 Å². The third kappa shape index (κ3) is 3.69. The maximum atomic E-state index is 11.2. The van der Waals surface area contributed by atoms with Gasteiger partial charge in [0.1, 0.15) is 0 Å². The molecule has 0 saturated heterocycles. The topological polar surface area (TPSA) is 92.5 Å². The number of anilines is 1. The van der Waals surface area contributed by atoms with Crippen LogP contribution in [0.15, 0.2) is 18.2 Å². The lowest BCUT2D eigenvalue weighted by atomic mass is 9.95. The summed E-state index contributed by atoms with van der Waals surface area (Å²) in [5.74, 6) is -0.750. The Morgan fingerprint density at radius 3 is 2.45 bits per heavy atom. The van der Waals surface area contributed by atoms with E-state index in [2.05, 4.69) is 19.2 Å². The number of non-ortho nitro benzene ring substituents is 1. The minimum Gasteiger partial charge on any atom is -0.478 e. The lowest BCUT2D eigenvalue weighted by Gasteiger charge is -2.24. The maximum Gasteiger partial charge on any atom is 0.338 e. The van der Waals surface area contributed by atoms with Gasteiger partial charge in [0, 0.05) is 23.9 Å². The molecule has 0 fully saturated rings. The minimum absolute atomic E-state index is 0.0722. The van der Waals surface area contributed by atoms with Crippen LogP contribution in [0.2, 0.25) is 0 Å². The van der Waals surface area contributed by atoms with Crippen LogP contribution in [0.1, 0.15) is 44.0 Å². The van der Waals surface area contributed by atoms with Crippen LogP contribution >= 0.6 is 0 Å². The third-order valence-corrected chi connectivity index (χ3v) is 3.58. The highest BCUT2D eigenvalue weighted by Crippen LogP contribution is 2.25. The van der Waals surface area contributed by atoms with Gasteiger partial charge in [0.05, 0.1) is 10.5 Å². The van der Waals surface area contributed by atoms with Crippen molar-refractivity contribution in [2.75, 3.05) is 5.32 Å². The fourth-order valence-corrected chi connectivity index (χ4v) is 2.31. The van der Waals surface area contributed by atoms with Crippen molar-refractivity contribution >= 4 is 17.3 Å². The fraction of sp³-hybridized carbons (Fsp3) is 0.500. The van der Waals surface area contributed by atoms with Gasteiger partial charge < -0.3 is 10.4 Å². The number of hydrogen-bond donors (Lipinski definition) is 2. The number of rotatable bonds is 7. The van der Waals surface area contributed by atoms with Gasteiger partial charge in [-0.1, -0.05) is 26.7 Å². The van der Waals surface area contributed by atoms with Crippen LogP contribution in [0.4, 0.5) is 11.4 Å². The Labute approximate surface area is 118 Å². The highest BCUT2D eigenvalue weighted by molar-refractivity contribution is 5.95. The molecular formula is C14H20N2O4. The Morgan fingerprint density at radius 2 is 2.00 bits per heavy atom. The molecule has 110 valence electrons. The van der Waals surface area contributed by atoms with Gasteiger partial charge in [0.15, 0.2) is 0 Å². The monoisotopic (exact) mass is 280 g/mol. The largest absolute Gasteiger partial charge is 0.478 e. The molecule has 0 heterocycles. The summed E-state index contributed by atoms with van der Waals surface area (Å²) in [6, 6.07) is 3.96. The van der Waals surface area contributed by atoms with Crippen molar-refractivity contribution in [1.82, 2.24) is 0 Å². The minimum atomic E-state index is -1.17. The number of carboxylic acids is 1. The van der Waals surface area contributed by atoms with Crippen molar-refractivity contribution in [2.45, 2.75) is 39.7 Å². The first-order valence-electron chi connectivity index (χ1n) is 6.68. The third-order valence-electron chi connectivity index (χ3n) is 3.58. The first kappa shape index (κ1) is 15.9. The Balaban J connectivity index is 3.06. The zero-order valence-corrected chi connectivity index (χ0v) is 11.9. The molecule has 1 unspecified atom stereocenters. The molecule has 1 rings (SSSR count). The van der Waals surface area contributed by atoms with Crippen LogP contribution in [-0.2, 0) is 0 Å². The van der Waals surface area contributed by atoms with Crippen molar-refractivity contribution in [3.8, 4) is 0 Å². The van der Waals surface area contributed by atoms with Crippen molar-refractivity contribution in [1.29, 1.82) is 0 Å². The van der Waals surface area contributed by atoms with Crippen LogP contribution in [-0.4, -0.2) is 22.0 Å². The quantitative estimate of drug-likeness (QED) is 0.588. The van der Waals surface area contributed by atoms with E-state index in [0.29, 0.717) is 11.6 Å².